The first kappa shape index (κ1) is 8.43. The lowest BCUT2D eigenvalue weighted by Gasteiger charge is -2.02. The summed E-state index contributed by atoms with van der Waals surface area (Å²) in [4.78, 5) is 0. The molecular formula is C8H9O2S. The van der Waals surface area contributed by atoms with E-state index < -0.39 is 0 Å². The lowest BCUT2D eigenvalue weighted by Crippen LogP contribution is -1.84. The molecule has 1 radical (unpaired) electrons. The lowest BCUT2D eigenvalue weighted by atomic mass is 10.2. The Morgan fingerprint density at radius 3 is 2.73 bits per heavy atom. The molecule has 0 aromatic heterocycles. The zero-order chi connectivity index (χ0) is 8.10. The summed E-state index contributed by atoms with van der Waals surface area (Å²) < 4.78 is 9.79. The molecular weight excluding hydrogens is 160 g/mol. The predicted octanol–water partition coefficient (Wildman–Crippen LogP) is 2.46. The second-order valence-electron chi connectivity index (χ2n) is 1.93. The molecule has 2 nitrogen and oxygen atoms in total. The second-order valence-corrected chi connectivity index (χ2v) is 2.56. The molecule has 0 spiro atoms. The van der Waals surface area contributed by atoms with Gasteiger partial charge in [-0.2, -0.15) is 0 Å². The molecule has 59 valence electrons. The Morgan fingerprint density at radius 1 is 1.36 bits per heavy atom. The summed E-state index contributed by atoms with van der Waals surface area (Å²) in [5, 5.41) is 0. The van der Waals surface area contributed by atoms with E-state index in [4.69, 9.17) is 4.18 Å². The zero-order valence-corrected chi connectivity index (χ0v) is 7.06. The molecule has 1 aromatic carbocycles. The molecule has 0 amide bonds. The molecule has 0 fully saturated rings. The number of para-hydroxylation sites is 1. The Bertz CT molecular complexity index is 225. The number of hydrogen-bond donors (Lipinski definition) is 0. The van der Waals surface area contributed by atoms with Gasteiger partial charge in [-0.15, -0.1) is 0 Å². The Kier molecular flexibility index (Phi) is 3.26. The number of benzene rings is 1. The summed E-state index contributed by atoms with van der Waals surface area (Å²) in [6.45, 7) is 3.78. The number of hydrogen-bond acceptors (Lipinski definition) is 3. The molecule has 1 aromatic rings. The largest absolute Gasteiger partial charge is 0.400 e. The molecule has 0 bridgehead atoms. The van der Waals surface area contributed by atoms with Gasteiger partial charge in [0.15, 0.2) is 0 Å². The van der Waals surface area contributed by atoms with E-state index >= 15 is 0 Å². The van der Waals surface area contributed by atoms with Gasteiger partial charge in [0.1, 0.15) is 5.75 Å². The highest BCUT2D eigenvalue weighted by Crippen LogP contribution is 2.20. The Hall–Kier alpha value is -0.670. The van der Waals surface area contributed by atoms with Crippen molar-refractivity contribution in [3.63, 3.8) is 0 Å². The fourth-order valence-corrected chi connectivity index (χ4v) is 0.960. The van der Waals surface area contributed by atoms with Crippen molar-refractivity contribution in [2.45, 2.75) is 0 Å². The maximum atomic E-state index is 5.12. The van der Waals surface area contributed by atoms with Crippen LogP contribution in [0.25, 0.3) is 0 Å². The van der Waals surface area contributed by atoms with Crippen LogP contribution >= 0.6 is 12.3 Å². The van der Waals surface area contributed by atoms with Crippen LogP contribution in [0.1, 0.15) is 5.56 Å². The maximum Gasteiger partial charge on any atom is 0.225 e. The molecule has 0 aliphatic heterocycles. The Labute approximate surface area is 70.9 Å². The van der Waals surface area contributed by atoms with E-state index in [1.807, 2.05) is 24.3 Å². The molecule has 3 heteroatoms. The van der Waals surface area contributed by atoms with Crippen molar-refractivity contribution in [1.82, 2.24) is 0 Å². The summed E-state index contributed by atoms with van der Waals surface area (Å²) in [5.41, 5.74) is 0.858. The molecule has 11 heavy (non-hydrogen) atoms. The topological polar surface area (TPSA) is 18.5 Å². The minimum atomic E-state index is 0.736. The van der Waals surface area contributed by atoms with Crippen molar-refractivity contribution in [3.8, 4) is 5.75 Å². The molecule has 1 rings (SSSR count). The first-order chi connectivity index (χ1) is 5.34. The molecule has 0 aliphatic carbocycles. The Morgan fingerprint density at radius 2 is 2.09 bits per heavy atom. The third kappa shape index (κ3) is 2.44. The van der Waals surface area contributed by atoms with Gasteiger partial charge in [-0.05, 0) is 18.6 Å². The second kappa shape index (κ2) is 4.26. The fraction of sp³-hybridized carbons (Fsp3) is 0.125. The third-order valence-electron chi connectivity index (χ3n) is 1.16. The summed E-state index contributed by atoms with van der Waals surface area (Å²) >= 11 is 0.935. The summed E-state index contributed by atoms with van der Waals surface area (Å²) in [6, 6.07) is 7.52. The summed E-state index contributed by atoms with van der Waals surface area (Å²) in [6.07, 6.45) is 0. The van der Waals surface area contributed by atoms with Crippen molar-refractivity contribution < 1.29 is 8.37 Å². The molecule has 0 saturated heterocycles. The first-order valence-corrected chi connectivity index (χ1v) is 3.79. The van der Waals surface area contributed by atoms with E-state index in [-0.39, 0.29) is 0 Å². The first-order valence-electron chi connectivity index (χ1n) is 3.13. The maximum absolute atomic E-state index is 5.12. The molecule has 0 saturated carbocycles. The van der Waals surface area contributed by atoms with Crippen LogP contribution in [0.15, 0.2) is 24.3 Å². The number of rotatable bonds is 3. The van der Waals surface area contributed by atoms with Gasteiger partial charge in [0.25, 0.3) is 0 Å². The molecule has 0 heterocycles. The van der Waals surface area contributed by atoms with E-state index in [2.05, 4.69) is 11.1 Å². The minimum absolute atomic E-state index is 0.736. The van der Waals surface area contributed by atoms with Gasteiger partial charge in [-0.1, -0.05) is 18.2 Å². The summed E-state index contributed by atoms with van der Waals surface area (Å²) in [7, 11) is 1.55. The average molecular weight is 169 g/mol. The van der Waals surface area contributed by atoms with Crippen LogP contribution < -0.4 is 4.18 Å². The van der Waals surface area contributed by atoms with Crippen LogP contribution in [-0.2, 0) is 4.18 Å². The minimum Gasteiger partial charge on any atom is -0.400 e. The predicted molar refractivity (Wildman–Crippen MR) is 46.1 cm³/mol. The van der Waals surface area contributed by atoms with Gasteiger partial charge >= 0.3 is 0 Å². The SMILES string of the molecule is [CH2]c1ccccc1OSOC. The van der Waals surface area contributed by atoms with Crippen molar-refractivity contribution in [3.05, 3.63) is 36.8 Å². The van der Waals surface area contributed by atoms with Gasteiger partial charge in [-0.3, -0.25) is 4.18 Å². The highest BCUT2D eigenvalue weighted by atomic mass is 32.2. The monoisotopic (exact) mass is 169 g/mol. The van der Waals surface area contributed by atoms with Crippen LogP contribution in [0.5, 0.6) is 5.75 Å². The average Bonchev–Trinajstić information content (AvgIpc) is 2.03. The van der Waals surface area contributed by atoms with Crippen LogP contribution in [0.4, 0.5) is 0 Å². The molecule has 0 aliphatic rings. The van der Waals surface area contributed by atoms with Crippen LogP contribution in [-0.4, -0.2) is 7.11 Å². The lowest BCUT2D eigenvalue weighted by molar-refractivity contribution is 0.438. The van der Waals surface area contributed by atoms with Gasteiger partial charge in [0.2, 0.25) is 12.3 Å². The van der Waals surface area contributed by atoms with E-state index in [1.54, 1.807) is 7.11 Å². The van der Waals surface area contributed by atoms with Crippen molar-refractivity contribution in [1.29, 1.82) is 0 Å². The summed E-state index contributed by atoms with van der Waals surface area (Å²) in [5.74, 6) is 0.736. The zero-order valence-electron chi connectivity index (χ0n) is 6.24. The van der Waals surface area contributed by atoms with E-state index in [9.17, 15) is 0 Å². The highest BCUT2D eigenvalue weighted by Gasteiger charge is 1.96. The van der Waals surface area contributed by atoms with Crippen molar-refractivity contribution in [2.75, 3.05) is 7.11 Å². The van der Waals surface area contributed by atoms with Gasteiger partial charge < -0.3 is 4.18 Å². The van der Waals surface area contributed by atoms with Gasteiger partial charge in [-0.25, -0.2) is 0 Å². The van der Waals surface area contributed by atoms with Crippen LogP contribution in [0.2, 0.25) is 0 Å². The molecule has 0 atom stereocenters. The highest BCUT2D eigenvalue weighted by molar-refractivity contribution is 7.90. The standard InChI is InChI=1S/C8H9O2S/c1-7-5-3-4-6-8(7)10-11-9-2/h3-6H,1H2,2H3. The van der Waals surface area contributed by atoms with Gasteiger partial charge in [0, 0.05) is 0 Å². The van der Waals surface area contributed by atoms with E-state index in [0.717, 1.165) is 23.6 Å². The van der Waals surface area contributed by atoms with Crippen LogP contribution in [0.3, 0.4) is 0 Å². The third-order valence-corrected chi connectivity index (χ3v) is 1.55. The molecule has 0 unspecified atom stereocenters. The fourth-order valence-electron chi connectivity index (χ4n) is 0.656. The smallest absolute Gasteiger partial charge is 0.225 e. The molecule has 0 N–H and O–H groups in total. The van der Waals surface area contributed by atoms with Gasteiger partial charge in [0.05, 0.1) is 7.11 Å². The van der Waals surface area contributed by atoms with E-state index in [1.165, 1.54) is 0 Å². The van der Waals surface area contributed by atoms with E-state index in [0.29, 0.717) is 0 Å². The normalized spacial score (nSPS) is 9.64. The van der Waals surface area contributed by atoms with Crippen molar-refractivity contribution in [2.24, 2.45) is 0 Å². The Balaban J connectivity index is 2.62. The quantitative estimate of drug-likeness (QED) is 0.647. The van der Waals surface area contributed by atoms with Crippen molar-refractivity contribution >= 4 is 12.3 Å². The van der Waals surface area contributed by atoms with Crippen LogP contribution in [0, 0.1) is 6.92 Å².